The zero-order valence-electron chi connectivity index (χ0n) is 14.2. The molecule has 1 aliphatic heterocycles. The number of nitrogens with zero attached hydrogens (tertiary/aromatic N) is 3. The van der Waals surface area contributed by atoms with Crippen LogP contribution in [0.3, 0.4) is 0 Å². The monoisotopic (exact) mass is 380 g/mol. The number of nitriles is 1. The van der Waals surface area contributed by atoms with Crippen molar-refractivity contribution in [3.05, 3.63) is 36.4 Å². The van der Waals surface area contributed by atoms with Crippen LogP contribution >= 0.6 is 0 Å². The highest BCUT2D eigenvalue weighted by Gasteiger charge is 2.32. The molecule has 0 saturated carbocycles. The zero-order valence-corrected chi connectivity index (χ0v) is 14.2. The summed E-state index contributed by atoms with van der Waals surface area (Å²) in [6.45, 7) is 2.28. The molecule has 0 aliphatic carbocycles. The van der Waals surface area contributed by atoms with Crippen LogP contribution in [0.5, 0.6) is 5.75 Å². The summed E-state index contributed by atoms with van der Waals surface area (Å²) >= 11 is 0. The largest absolute Gasteiger partial charge is 0.573 e. The van der Waals surface area contributed by atoms with E-state index in [4.69, 9.17) is 9.68 Å². The van der Waals surface area contributed by atoms with Gasteiger partial charge in [-0.15, -0.1) is 13.2 Å². The van der Waals surface area contributed by atoms with Crippen LogP contribution in [0, 0.1) is 11.5 Å². The molecule has 1 amide bonds. The first-order chi connectivity index (χ1) is 12.7. The number of hydrogen-bond donors (Lipinski definition) is 1. The molecule has 2 aromatic rings. The lowest BCUT2D eigenvalue weighted by Crippen LogP contribution is -2.36. The number of nitrogens with one attached hydrogen (secondary N) is 1. The molecule has 1 aromatic heterocycles. The molecular formula is C17H15F3N4O3. The number of ether oxygens (including phenoxy) is 1. The van der Waals surface area contributed by atoms with Gasteiger partial charge in [0.1, 0.15) is 5.75 Å². The third-order valence-corrected chi connectivity index (χ3v) is 4.09. The second-order valence-corrected chi connectivity index (χ2v) is 6.11. The molecule has 7 nitrogen and oxygen atoms in total. The minimum Gasteiger partial charge on any atom is -0.432 e. The fraction of sp³-hybridized carbons (Fsp3) is 0.353. The number of halogens is 3. The van der Waals surface area contributed by atoms with Crippen LogP contribution in [0.4, 0.5) is 13.2 Å². The summed E-state index contributed by atoms with van der Waals surface area (Å²) in [7, 11) is 0. The lowest BCUT2D eigenvalue weighted by atomic mass is 10.2. The van der Waals surface area contributed by atoms with E-state index < -0.39 is 18.0 Å². The zero-order chi connectivity index (χ0) is 19.6. The number of alkyl halides is 3. The van der Waals surface area contributed by atoms with Crippen LogP contribution in [0.15, 0.2) is 34.9 Å². The summed E-state index contributed by atoms with van der Waals surface area (Å²) in [6.07, 6.45) is -0.885. The molecule has 0 spiro atoms. The molecule has 0 radical (unpaired) electrons. The van der Waals surface area contributed by atoms with Gasteiger partial charge in [-0.2, -0.15) is 5.26 Å². The Balaban J connectivity index is 1.69. The van der Waals surface area contributed by atoms with Crippen LogP contribution in [0.1, 0.15) is 24.0 Å². The molecule has 0 bridgehead atoms. The molecule has 1 aromatic carbocycles. The maximum Gasteiger partial charge on any atom is 0.573 e. The smallest absolute Gasteiger partial charge is 0.432 e. The summed E-state index contributed by atoms with van der Waals surface area (Å²) in [5.41, 5.74) is 0.286. The second kappa shape index (κ2) is 7.19. The van der Waals surface area contributed by atoms with Gasteiger partial charge < -0.3 is 19.4 Å². The molecule has 1 aliphatic rings. The maximum atomic E-state index is 12.3. The molecule has 1 saturated heterocycles. The van der Waals surface area contributed by atoms with Crippen molar-refractivity contribution in [2.75, 3.05) is 6.54 Å². The van der Waals surface area contributed by atoms with Crippen LogP contribution in [-0.4, -0.2) is 40.8 Å². The molecule has 10 heteroatoms. The number of aromatic nitrogens is 1. The fourth-order valence-electron chi connectivity index (χ4n) is 2.88. The van der Waals surface area contributed by atoms with Gasteiger partial charge in [-0.1, -0.05) is 12.1 Å². The van der Waals surface area contributed by atoms with E-state index in [2.05, 4.69) is 21.2 Å². The van der Waals surface area contributed by atoms with Crippen LogP contribution in [0.2, 0.25) is 0 Å². The normalized spacial score (nSPS) is 19.6. The van der Waals surface area contributed by atoms with Gasteiger partial charge in [-0.25, -0.2) is 4.98 Å². The van der Waals surface area contributed by atoms with Crippen molar-refractivity contribution in [1.82, 2.24) is 15.2 Å². The van der Waals surface area contributed by atoms with Crippen molar-refractivity contribution in [3.63, 3.8) is 0 Å². The van der Waals surface area contributed by atoms with Gasteiger partial charge in [-0.3, -0.25) is 4.79 Å². The Kier molecular flexibility index (Phi) is 4.94. The summed E-state index contributed by atoms with van der Waals surface area (Å²) in [4.78, 5) is 17.7. The minimum absolute atomic E-state index is 0.0248. The summed E-state index contributed by atoms with van der Waals surface area (Å²) in [5.74, 6) is -1.04. The molecular weight excluding hydrogens is 365 g/mol. The number of likely N-dealkylation sites (tertiary alicyclic amines) is 1. The first-order valence-electron chi connectivity index (χ1n) is 8.04. The van der Waals surface area contributed by atoms with Gasteiger partial charge in [0.05, 0.1) is 6.20 Å². The predicted molar refractivity (Wildman–Crippen MR) is 86.3 cm³/mol. The van der Waals surface area contributed by atoms with E-state index in [-0.39, 0.29) is 29.3 Å². The van der Waals surface area contributed by atoms with Crippen molar-refractivity contribution >= 4 is 5.91 Å². The van der Waals surface area contributed by atoms with E-state index >= 15 is 0 Å². The van der Waals surface area contributed by atoms with Crippen molar-refractivity contribution in [2.24, 2.45) is 0 Å². The number of benzene rings is 1. The van der Waals surface area contributed by atoms with Gasteiger partial charge in [0, 0.05) is 24.2 Å². The molecule has 1 N–H and O–H groups in total. The highest BCUT2D eigenvalue weighted by atomic mass is 19.4. The first-order valence-corrected chi connectivity index (χ1v) is 8.04. The van der Waals surface area contributed by atoms with Crippen molar-refractivity contribution in [3.8, 4) is 23.3 Å². The van der Waals surface area contributed by atoms with Crippen LogP contribution < -0.4 is 10.1 Å². The minimum atomic E-state index is -4.80. The summed E-state index contributed by atoms with van der Waals surface area (Å²) < 4.78 is 46.2. The van der Waals surface area contributed by atoms with E-state index in [1.807, 2.05) is 6.92 Å². The van der Waals surface area contributed by atoms with Crippen molar-refractivity contribution < 1.29 is 27.1 Å². The topological polar surface area (TPSA) is 91.4 Å². The van der Waals surface area contributed by atoms with E-state index in [1.165, 1.54) is 18.3 Å². The van der Waals surface area contributed by atoms with Gasteiger partial charge in [-0.05, 0) is 25.5 Å². The highest BCUT2D eigenvalue weighted by Crippen LogP contribution is 2.28. The summed E-state index contributed by atoms with van der Waals surface area (Å²) in [6, 6.07) is 4.98. The average Bonchev–Trinajstić information content (AvgIpc) is 3.20. The molecule has 0 unspecified atom stereocenters. The molecule has 2 atom stereocenters. The van der Waals surface area contributed by atoms with E-state index in [9.17, 15) is 18.0 Å². The quantitative estimate of drug-likeness (QED) is 0.820. The standard InChI is InChI=1S/C17H15F3N4O3/c1-10-5-12(8-24(10)9-21)23-15(25)16-22-7-14(26-16)11-3-2-4-13(6-11)27-17(18,19)20/h2-4,6-7,10,12H,5,8H2,1H3,(H,23,25)/t10-,12+/m0/s1. The van der Waals surface area contributed by atoms with E-state index in [1.54, 1.807) is 4.90 Å². The Morgan fingerprint density at radius 1 is 1.48 bits per heavy atom. The number of rotatable bonds is 4. The first kappa shape index (κ1) is 18.6. The molecule has 1 fully saturated rings. The Labute approximate surface area is 152 Å². The Hall–Kier alpha value is -3.22. The molecule has 27 heavy (non-hydrogen) atoms. The van der Waals surface area contributed by atoms with Gasteiger partial charge in [0.25, 0.3) is 5.89 Å². The van der Waals surface area contributed by atoms with Crippen LogP contribution in [0.25, 0.3) is 11.3 Å². The number of hydrogen-bond acceptors (Lipinski definition) is 6. The molecule has 3 rings (SSSR count). The summed E-state index contributed by atoms with van der Waals surface area (Å²) in [5, 5.41) is 11.7. The third-order valence-electron chi connectivity index (χ3n) is 4.09. The van der Waals surface area contributed by atoms with Crippen LogP contribution in [-0.2, 0) is 0 Å². The Morgan fingerprint density at radius 3 is 2.93 bits per heavy atom. The van der Waals surface area contributed by atoms with Crippen molar-refractivity contribution in [2.45, 2.75) is 31.8 Å². The SMILES string of the molecule is C[C@H]1C[C@@H](NC(=O)c2ncc(-c3cccc(OC(F)(F)F)c3)o2)CN1C#N. The van der Waals surface area contributed by atoms with Gasteiger partial charge in [0.15, 0.2) is 12.0 Å². The third kappa shape index (κ3) is 4.49. The predicted octanol–water partition coefficient (Wildman–Crippen LogP) is 2.91. The molecule has 2 heterocycles. The van der Waals surface area contributed by atoms with Crippen molar-refractivity contribution in [1.29, 1.82) is 5.26 Å². The Morgan fingerprint density at radius 2 is 2.26 bits per heavy atom. The fourth-order valence-corrected chi connectivity index (χ4v) is 2.88. The van der Waals surface area contributed by atoms with E-state index in [0.29, 0.717) is 13.0 Å². The average molecular weight is 380 g/mol. The van der Waals surface area contributed by atoms with E-state index in [0.717, 1.165) is 12.1 Å². The highest BCUT2D eigenvalue weighted by molar-refractivity contribution is 5.90. The number of amides is 1. The lowest BCUT2D eigenvalue weighted by Gasteiger charge is -2.11. The lowest BCUT2D eigenvalue weighted by molar-refractivity contribution is -0.274. The second-order valence-electron chi connectivity index (χ2n) is 6.11. The Bertz CT molecular complexity index is 875. The maximum absolute atomic E-state index is 12.3. The van der Waals surface area contributed by atoms with Gasteiger partial charge in [0.2, 0.25) is 0 Å². The number of carbonyl (C=O) groups is 1. The van der Waals surface area contributed by atoms with Gasteiger partial charge >= 0.3 is 12.3 Å². The number of oxazole rings is 1. The molecule has 142 valence electrons. The number of carbonyl (C=O) groups excluding carboxylic acids is 1.